The molecule has 0 unspecified atom stereocenters. The van der Waals surface area contributed by atoms with E-state index >= 15 is 0 Å². The van der Waals surface area contributed by atoms with Gasteiger partial charge in [-0.3, -0.25) is 4.79 Å². The molecule has 0 saturated heterocycles. The van der Waals surface area contributed by atoms with E-state index in [1.165, 1.54) is 0 Å². The molecule has 26 heavy (non-hydrogen) atoms. The summed E-state index contributed by atoms with van der Waals surface area (Å²) in [5.74, 6) is 0.320. The normalized spacial score (nSPS) is 10.6. The van der Waals surface area contributed by atoms with Crippen LogP contribution in [0.5, 0.6) is 11.8 Å². The van der Waals surface area contributed by atoms with Gasteiger partial charge in [-0.15, -0.1) is 0 Å². The largest absolute Gasteiger partial charge is 0.411 e. The van der Waals surface area contributed by atoms with E-state index < -0.39 is 0 Å². The lowest BCUT2D eigenvalue weighted by molar-refractivity contribution is 0.0950. The highest BCUT2D eigenvalue weighted by Crippen LogP contribution is 2.25. The predicted molar refractivity (Wildman–Crippen MR) is 98.1 cm³/mol. The molecule has 1 aromatic heterocycles. The average Bonchev–Trinajstić information content (AvgIpc) is 3.09. The Morgan fingerprint density at radius 1 is 0.962 bits per heavy atom. The number of hydrogen-bond acceptors (Lipinski definition) is 4. The van der Waals surface area contributed by atoms with Crippen molar-refractivity contribution in [2.45, 2.75) is 6.54 Å². The summed E-state index contributed by atoms with van der Waals surface area (Å²) in [6.07, 6.45) is 0.146. The number of benzene rings is 3. The minimum atomic E-state index is -0.170. The maximum Gasteiger partial charge on any atom is 0.400 e. The smallest absolute Gasteiger partial charge is 0.400 e. The zero-order valence-electron chi connectivity index (χ0n) is 13.9. The van der Waals surface area contributed by atoms with Gasteiger partial charge in [0.05, 0.1) is 0 Å². The quantitative estimate of drug-likeness (QED) is 0.577. The molecule has 1 heterocycles. The van der Waals surface area contributed by atoms with Gasteiger partial charge in [0.25, 0.3) is 5.91 Å². The fourth-order valence-electron chi connectivity index (χ4n) is 2.58. The topological polar surface area (TPSA) is 64.4 Å². The van der Waals surface area contributed by atoms with Crippen molar-refractivity contribution in [3.63, 3.8) is 0 Å². The van der Waals surface area contributed by atoms with Crippen molar-refractivity contribution in [2.75, 3.05) is 0 Å². The summed E-state index contributed by atoms with van der Waals surface area (Å²) < 4.78 is 11.2. The summed E-state index contributed by atoms with van der Waals surface area (Å²) in [7, 11) is 0. The number of rotatable bonds is 5. The number of nitrogens with zero attached hydrogens (tertiary/aromatic N) is 1. The third kappa shape index (κ3) is 3.57. The van der Waals surface area contributed by atoms with Crippen LogP contribution in [0.2, 0.25) is 0 Å². The molecule has 0 aliphatic heterocycles. The Labute approximate surface area is 150 Å². The van der Waals surface area contributed by atoms with Crippen molar-refractivity contribution in [3.8, 4) is 11.8 Å². The van der Waals surface area contributed by atoms with E-state index in [1.54, 1.807) is 24.3 Å². The van der Waals surface area contributed by atoms with Crippen LogP contribution in [0.25, 0.3) is 11.1 Å². The number of amides is 1. The number of carbonyl (C=O) groups excluding carboxylic acids is 1. The van der Waals surface area contributed by atoms with Gasteiger partial charge >= 0.3 is 6.08 Å². The second-order valence-corrected chi connectivity index (χ2v) is 5.75. The molecule has 0 aliphatic rings. The highest BCUT2D eigenvalue weighted by Gasteiger charge is 2.10. The van der Waals surface area contributed by atoms with Crippen LogP contribution in [0.3, 0.4) is 0 Å². The van der Waals surface area contributed by atoms with E-state index in [4.69, 9.17) is 9.15 Å². The Hall–Kier alpha value is -3.60. The highest BCUT2D eigenvalue weighted by atomic mass is 16.6. The SMILES string of the molecule is O=C(NCc1ccccc1)c1cccc(Oc2nc3ccccc3o2)c1. The number of hydrogen-bond donors (Lipinski definition) is 1. The average molecular weight is 344 g/mol. The van der Waals surface area contributed by atoms with Gasteiger partial charge in [-0.25, -0.2) is 0 Å². The first kappa shape index (κ1) is 15.9. The molecule has 0 atom stereocenters. The summed E-state index contributed by atoms with van der Waals surface area (Å²) in [4.78, 5) is 16.6. The van der Waals surface area contributed by atoms with Crippen molar-refractivity contribution >= 4 is 17.0 Å². The number of ether oxygens (including phenoxy) is 1. The van der Waals surface area contributed by atoms with E-state index in [2.05, 4.69) is 10.3 Å². The Morgan fingerprint density at radius 2 is 1.77 bits per heavy atom. The fourth-order valence-corrected chi connectivity index (χ4v) is 2.58. The Bertz CT molecular complexity index is 1010. The molecule has 0 aliphatic carbocycles. The fraction of sp³-hybridized carbons (Fsp3) is 0.0476. The van der Waals surface area contributed by atoms with Gasteiger partial charge in [0.1, 0.15) is 11.3 Å². The van der Waals surface area contributed by atoms with E-state index in [0.717, 1.165) is 11.1 Å². The van der Waals surface area contributed by atoms with Crippen LogP contribution in [0.4, 0.5) is 0 Å². The van der Waals surface area contributed by atoms with Crippen LogP contribution in [0, 0.1) is 0 Å². The Balaban J connectivity index is 1.46. The van der Waals surface area contributed by atoms with Crippen LogP contribution in [-0.4, -0.2) is 10.9 Å². The zero-order valence-corrected chi connectivity index (χ0v) is 13.9. The minimum absolute atomic E-state index is 0.146. The first-order valence-electron chi connectivity index (χ1n) is 8.23. The lowest BCUT2D eigenvalue weighted by atomic mass is 10.2. The van der Waals surface area contributed by atoms with Crippen molar-refractivity contribution in [3.05, 3.63) is 90.0 Å². The van der Waals surface area contributed by atoms with Crippen LogP contribution in [-0.2, 0) is 6.54 Å². The molecule has 4 aromatic rings. The second-order valence-electron chi connectivity index (χ2n) is 5.75. The van der Waals surface area contributed by atoms with Gasteiger partial charge in [0.15, 0.2) is 5.58 Å². The van der Waals surface area contributed by atoms with Gasteiger partial charge in [0, 0.05) is 12.1 Å². The number of oxazole rings is 1. The molecular weight excluding hydrogens is 328 g/mol. The summed E-state index contributed by atoms with van der Waals surface area (Å²) in [6.45, 7) is 0.468. The maximum absolute atomic E-state index is 12.4. The molecule has 5 nitrogen and oxygen atoms in total. The van der Waals surface area contributed by atoms with Crippen molar-refractivity contribution in [1.29, 1.82) is 0 Å². The summed E-state index contributed by atoms with van der Waals surface area (Å²) in [6, 6.07) is 24.1. The Kier molecular flexibility index (Phi) is 4.35. The van der Waals surface area contributed by atoms with Gasteiger partial charge < -0.3 is 14.5 Å². The molecule has 4 rings (SSSR count). The molecule has 0 spiro atoms. The number of para-hydroxylation sites is 2. The zero-order chi connectivity index (χ0) is 17.8. The standard InChI is InChI=1S/C21H16N2O3/c24-20(22-14-15-7-2-1-3-8-15)16-9-6-10-17(13-16)25-21-23-18-11-4-5-12-19(18)26-21/h1-13H,14H2,(H,22,24). The lowest BCUT2D eigenvalue weighted by Crippen LogP contribution is -2.22. The maximum atomic E-state index is 12.4. The summed E-state index contributed by atoms with van der Waals surface area (Å²) in [5.41, 5.74) is 2.92. The van der Waals surface area contributed by atoms with Crippen molar-refractivity contribution in [1.82, 2.24) is 10.3 Å². The van der Waals surface area contributed by atoms with Gasteiger partial charge in [-0.1, -0.05) is 48.5 Å². The molecule has 0 saturated carbocycles. The third-order valence-electron chi connectivity index (χ3n) is 3.87. The number of carbonyl (C=O) groups is 1. The Morgan fingerprint density at radius 3 is 2.62 bits per heavy atom. The van der Waals surface area contributed by atoms with Gasteiger partial charge in [0.2, 0.25) is 0 Å². The predicted octanol–water partition coefficient (Wildman–Crippen LogP) is 4.55. The van der Waals surface area contributed by atoms with Crippen molar-refractivity contribution < 1.29 is 13.9 Å². The van der Waals surface area contributed by atoms with E-state index in [1.807, 2.05) is 54.6 Å². The molecule has 0 fully saturated rings. The van der Waals surface area contributed by atoms with E-state index in [-0.39, 0.29) is 12.0 Å². The first-order valence-corrected chi connectivity index (χ1v) is 8.23. The number of nitrogens with one attached hydrogen (secondary N) is 1. The first-order chi connectivity index (χ1) is 12.8. The van der Waals surface area contributed by atoms with Crippen LogP contribution in [0.15, 0.2) is 83.3 Å². The van der Waals surface area contributed by atoms with Crippen LogP contribution < -0.4 is 10.1 Å². The summed E-state index contributed by atoms with van der Waals surface area (Å²) in [5, 5.41) is 2.89. The van der Waals surface area contributed by atoms with Gasteiger partial charge in [-0.05, 0) is 35.9 Å². The van der Waals surface area contributed by atoms with Gasteiger partial charge in [-0.2, -0.15) is 4.98 Å². The summed E-state index contributed by atoms with van der Waals surface area (Å²) >= 11 is 0. The monoisotopic (exact) mass is 344 g/mol. The molecule has 0 bridgehead atoms. The number of fused-ring (bicyclic) bond motifs is 1. The van der Waals surface area contributed by atoms with Crippen LogP contribution >= 0.6 is 0 Å². The molecule has 1 amide bonds. The van der Waals surface area contributed by atoms with E-state index in [9.17, 15) is 4.79 Å². The van der Waals surface area contributed by atoms with E-state index in [0.29, 0.717) is 23.4 Å². The highest BCUT2D eigenvalue weighted by molar-refractivity contribution is 5.94. The number of aromatic nitrogens is 1. The van der Waals surface area contributed by atoms with Crippen molar-refractivity contribution in [2.24, 2.45) is 0 Å². The second kappa shape index (κ2) is 7.11. The van der Waals surface area contributed by atoms with Crippen LogP contribution in [0.1, 0.15) is 15.9 Å². The minimum Gasteiger partial charge on any atom is -0.411 e. The molecule has 5 heteroatoms. The molecule has 1 N–H and O–H groups in total. The molecular formula is C21H16N2O3. The molecule has 128 valence electrons. The molecule has 0 radical (unpaired) electrons. The molecule has 3 aromatic carbocycles. The third-order valence-corrected chi connectivity index (χ3v) is 3.87. The lowest BCUT2D eigenvalue weighted by Gasteiger charge is -2.07.